The molecular formula is C17H22N4O. The highest BCUT2D eigenvalue weighted by Gasteiger charge is 2.00. The number of aromatic nitrogens is 1. The van der Waals surface area contributed by atoms with E-state index in [4.69, 9.17) is 4.74 Å². The third-order valence-electron chi connectivity index (χ3n) is 3.18. The largest absolute Gasteiger partial charge is 0.380 e. The van der Waals surface area contributed by atoms with Crippen LogP contribution in [0.4, 0.5) is 0 Å². The van der Waals surface area contributed by atoms with Gasteiger partial charge in [0, 0.05) is 26.9 Å². The molecular weight excluding hydrogens is 276 g/mol. The lowest BCUT2D eigenvalue weighted by Crippen LogP contribution is -2.36. The van der Waals surface area contributed by atoms with Gasteiger partial charge >= 0.3 is 0 Å². The standard InChI is InChI=1S/C17H22N4O/c1-18-17(21-12-16-5-3-4-10-19-16)20-11-14-6-8-15(9-7-14)13-22-2/h3-10H,11-13H2,1-2H3,(H2,18,20,21). The SMILES string of the molecule is CN=C(NCc1ccc(COC)cc1)NCc1ccccn1. The summed E-state index contributed by atoms with van der Waals surface area (Å²) in [4.78, 5) is 8.49. The van der Waals surface area contributed by atoms with Crippen molar-refractivity contribution in [1.29, 1.82) is 0 Å². The fourth-order valence-electron chi connectivity index (χ4n) is 2.00. The van der Waals surface area contributed by atoms with Crippen molar-refractivity contribution in [1.82, 2.24) is 15.6 Å². The summed E-state index contributed by atoms with van der Waals surface area (Å²) >= 11 is 0. The third kappa shape index (κ3) is 5.18. The number of hydrogen-bond acceptors (Lipinski definition) is 3. The number of ether oxygens (including phenoxy) is 1. The number of aliphatic imine (C=N–C) groups is 1. The van der Waals surface area contributed by atoms with Crippen molar-refractivity contribution < 1.29 is 4.74 Å². The highest BCUT2D eigenvalue weighted by atomic mass is 16.5. The van der Waals surface area contributed by atoms with E-state index in [1.54, 1.807) is 20.4 Å². The second-order valence-corrected chi connectivity index (χ2v) is 4.85. The zero-order valence-electron chi connectivity index (χ0n) is 13.0. The number of pyridine rings is 1. The molecule has 0 saturated heterocycles. The summed E-state index contributed by atoms with van der Waals surface area (Å²) in [5.74, 6) is 0.756. The van der Waals surface area contributed by atoms with Crippen LogP contribution in [0, 0.1) is 0 Å². The van der Waals surface area contributed by atoms with Crippen LogP contribution in [0.3, 0.4) is 0 Å². The first-order valence-electron chi connectivity index (χ1n) is 7.23. The maximum absolute atomic E-state index is 5.11. The molecule has 2 N–H and O–H groups in total. The second kappa shape index (κ2) is 8.79. The molecule has 22 heavy (non-hydrogen) atoms. The molecule has 2 aromatic rings. The summed E-state index contributed by atoms with van der Waals surface area (Å²) in [5.41, 5.74) is 3.35. The van der Waals surface area contributed by atoms with Crippen LogP contribution in [-0.4, -0.2) is 25.1 Å². The summed E-state index contributed by atoms with van der Waals surface area (Å²) in [6.45, 7) is 2.00. The molecule has 0 atom stereocenters. The van der Waals surface area contributed by atoms with E-state index in [-0.39, 0.29) is 0 Å². The molecule has 0 aliphatic carbocycles. The van der Waals surface area contributed by atoms with E-state index in [2.05, 4.69) is 44.9 Å². The quantitative estimate of drug-likeness (QED) is 0.633. The molecule has 1 aromatic carbocycles. The van der Waals surface area contributed by atoms with Gasteiger partial charge in [-0.2, -0.15) is 0 Å². The molecule has 2 rings (SSSR count). The average molecular weight is 298 g/mol. The fourth-order valence-corrected chi connectivity index (χ4v) is 2.00. The van der Waals surface area contributed by atoms with Gasteiger partial charge < -0.3 is 15.4 Å². The van der Waals surface area contributed by atoms with Gasteiger partial charge in [-0.25, -0.2) is 0 Å². The minimum atomic E-state index is 0.640. The van der Waals surface area contributed by atoms with Gasteiger partial charge in [0.2, 0.25) is 0 Å². The predicted octanol–water partition coefficient (Wildman–Crippen LogP) is 2.09. The summed E-state index contributed by atoms with van der Waals surface area (Å²) in [6, 6.07) is 14.2. The van der Waals surface area contributed by atoms with Crippen LogP contribution in [-0.2, 0) is 24.4 Å². The van der Waals surface area contributed by atoms with Crippen molar-refractivity contribution in [3.63, 3.8) is 0 Å². The van der Waals surface area contributed by atoms with Gasteiger partial charge in [0.1, 0.15) is 0 Å². The van der Waals surface area contributed by atoms with Crippen LogP contribution < -0.4 is 10.6 Å². The van der Waals surface area contributed by atoms with Crippen LogP contribution in [0.5, 0.6) is 0 Å². The maximum atomic E-state index is 5.11. The first kappa shape index (κ1) is 16.0. The van der Waals surface area contributed by atoms with E-state index in [1.807, 2.05) is 18.2 Å². The topological polar surface area (TPSA) is 58.5 Å². The Hall–Kier alpha value is -2.40. The molecule has 0 saturated carbocycles. The lowest BCUT2D eigenvalue weighted by molar-refractivity contribution is 0.185. The molecule has 1 aromatic heterocycles. The van der Waals surface area contributed by atoms with Gasteiger partial charge in [-0.3, -0.25) is 9.98 Å². The molecule has 0 unspecified atom stereocenters. The van der Waals surface area contributed by atoms with Crippen molar-refractivity contribution >= 4 is 5.96 Å². The Balaban J connectivity index is 1.81. The number of benzene rings is 1. The maximum Gasteiger partial charge on any atom is 0.191 e. The van der Waals surface area contributed by atoms with Gasteiger partial charge in [0.25, 0.3) is 0 Å². The lowest BCUT2D eigenvalue weighted by Gasteiger charge is -2.12. The van der Waals surface area contributed by atoms with E-state index in [1.165, 1.54) is 11.1 Å². The van der Waals surface area contributed by atoms with E-state index in [0.717, 1.165) is 18.2 Å². The van der Waals surface area contributed by atoms with Gasteiger partial charge in [-0.1, -0.05) is 30.3 Å². The van der Waals surface area contributed by atoms with E-state index in [0.29, 0.717) is 13.2 Å². The van der Waals surface area contributed by atoms with Gasteiger partial charge in [0.05, 0.1) is 18.8 Å². The Morgan fingerprint density at radius 1 is 1.05 bits per heavy atom. The van der Waals surface area contributed by atoms with Crippen molar-refractivity contribution in [2.45, 2.75) is 19.7 Å². The lowest BCUT2D eigenvalue weighted by atomic mass is 10.1. The molecule has 0 spiro atoms. The zero-order valence-corrected chi connectivity index (χ0v) is 13.0. The van der Waals surface area contributed by atoms with E-state index < -0.39 is 0 Å². The molecule has 116 valence electrons. The fraction of sp³-hybridized carbons (Fsp3) is 0.294. The molecule has 0 amide bonds. The highest BCUT2D eigenvalue weighted by Crippen LogP contribution is 2.05. The number of guanidine groups is 1. The first-order valence-corrected chi connectivity index (χ1v) is 7.23. The monoisotopic (exact) mass is 298 g/mol. The molecule has 0 bridgehead atoms. The Morgan fingerprint density at radius 3 is 2.41 bits per heavy atom. The van der Waals surface area contributed by atoms with Gasteiger partial charge in [-0.05, 0) is 23.3 Å². The van der Waals surface area contributed by atoms with Crippen LogP contribution in [0.15, 0.2) is 53.7 Å². The highest BCUT2D eigenvalue weighted by molar-refractivity contribution is 5.79. The molecule has 5 nitrogen and oxygen atoms in total. The predicted molar refractivity (Wildman–Crippen MR) is 88.4 cm³/mol. The minimum absolute atomic E-state index is 0.640. The summed E-state index contributed by atoms with van der Waals surface area (Å²) in [6.07, 6.45) is 1.79. The van der Waals surface area contributed by atoms with E-state index >= 15 is 0 Å². The van der Waals surface area contributed by atoms with Crippen LogP contribution in [0.25, 0.3) is 0 Å². The number of hydrogen-bond donors (Lipinski definition) is 2. The summed E-state index contributed by atoms with van der Waals surface area (Å²) < 4.78 is 5.11. The number of nitrogens with one attached hydrogen (secondary N) is 2. The second-order valence-electron chi connectivity index (χ2n) is 4.85. The Labute approximate surface area is 131 Å². The van der Waals surface area contributed by atoms with Crippen LogP contribution >= 0.6 is 0 Å². The molecule has 0 aliphatic heterocycles. The zero-order chi connectivity index (χ0) is 15.6. The molecule has 1 heterocycles. The minimum Gasteiger partial charge on any atom is -0.380 e. The van der Waals surface area contributed by atoms with Gasteiger partial charge in [0.15, 0.2) is 5.96 Å². The normalized spacial score (nSPS) is 11.3. The molecule has 0 fully saturated rings. The Bertz CT molecular complexity index is 581. The molecule has 0 radical (unpaired) electrons. The molecule has 0 aliphatic rings. The van der Waals surface area contributed by atoms with Crippen molar-refractivity contribution in [2.75, 3.05) is 14.2 Å². The Kier molecular flexibility index (Phi) is 6.39. The smallest absolute Gasteiger partial charge is 0.191 e. The number of rotatable bonds is 6. The van der Waals surface area contributed by atoms with Crippen molar-refractivity contribution in [2.24, 2.45) is 4.99 Å². The first-order chi connectivity index (χ1) is 10.8. The van der Waals surface area contributed by atoms with Gasteiger partial charge in [-0.15, -0.1) is 0 Å². The summed E-state index contributed by atoms with van der Waals surface area (Å²) in [5, 5.41) is 6.53. The van der Waals surface area contributed by atoms with E-state index in [9.17, 15) is 0 Å². The van der Waals surface area contributed by atoms with Crippen LogP contribution in [0.1, 0.15) is 16.8 Å². The van der Waals surface area contributed by atoms with Crippen LogP contribution in [0.2, 0.25) is 0 Å². The van der Waals surface area contributed by atoms with Crippen molar-refractivity contribution in [3.05, 3.63) is 65.5 Å². The number of nitrogens with zero attached hydrogens (tertiary/aromatic N) is 2. The summed E-state index contributed by atoms with van der Waals surface area (Å²) in [7, 11) is 3.46. The van der Waals surface area contributed by atoms with Crippen molar-refractivity contribution in [3.8, 4) is 0 Å². The third-order valence-corrected chi connectivity index (χ3v) is 3.18. The number of methoxy groups -OCH3 is 1. The Morgan fingerprint density at radius 2 is 1.77 bits per heavy atom. The average Bonchev–Trinajstić information content (AvgIpc) is 2.57. The molecule has 5 heteroatoms.